The van der Waals surface area contributed by atoms with E-state index in [4.69, 9.17) is 52.1 Å². The Bertz CT molecular complexity index is 3120. The first-order chi connectivity index (χ1) is 46.4. The number of aliphatic hydroxyl groups is 1. The molecule has 0 spiro atoms. The number of nitrogens with one attached hydrogen (secondary N) is 2. The average Bonchev–Trinajstić information content (AvgIpc) is 1.45. The number of hydrogen-bond acceptors (Lipinski definition) is 23. The van der Waals surface area contributed by atoms with E-state index in [-0.39, 0.29) is 38.2 Å². The van der Waals surface area contributed by atoms with E-state index in [1.165, 1.54) is 81.4 Å². The molecule has 6 fully saturated rings. The number of alkyl halides is 2. The summed E-state index contributed by atoms with van der Waals surface area (Å²) in [7, 11) is 7.29. The molecule has 0 aliphatic carbocycles. The van der Waals surface area contributed by atoms with Crippen LogP contribution < -0.4 is 10.6 Å². The highest BCUT2D eigenvalue weighted by atomic mass is 19.1. The number of aliphatic hydroxyl groups excluding tert-OH is 1. The second-order valence-corrected chi connectivity index (χ2v) is 29.8. The molecule has 562 valence electrons. The van der Waals surface area contributed by atoms with Gasteiger partial charge in [0, 0.05) is 42.6 Å². The van der Waals surface area contributed by atoms with Crippen molar-refractivity contribution in [3.63, 3.8) is 0 Å². The van der Waals surface area contributed by atoms with Crippen LogP contribution in [0.25, 0.3) is 0 Å². The summed E-state index contributed by atoms with van der Waals surface area (Å²) in [5, 5.41) is 16.5. The summed E-state index contributed by atoms with van der Waals surface area (Å²) in [6, 6.07) is 5.49. The van der Waals surface area contributed by atoms with E-state index in [0.29, 0.717) is 18.4 Å². The van der Waals surface area contributed by atoms with Gasteiger partial charge in [-0.25, -0.2) is 23.2 Å². The summed E-state index contributed by atoms with van der Waals surface area (Å²) in [6.07, 6.45) is -9.06. The fourth-order valence-corrected chi connectivity index (χ4v) is 15.7. The van der Waals surface area contributed by atoms with Crippen molar-refractivity contribution in [1.82, 2.24) is 20.4 Å². The smallest absolute Gasteiger partial charge is 0.408 e. The topological polar surface area (TPSA) is 306 Å². The maximum Gasteiger partial charge on any atom is 0.408 e. The largest absolute Gasteiger partial charge is 0.458 e. The van der Waals surface area contributed by atoms with Gasteiger partial charge < -0.3 is 77.6 Å². The summed E-state index contributed by atoms with van der Waals surface area (Å²) in [6.45, 7) is 31.4. The van der Waals surface area contributed by atoms with Gasteiger partial charge in [-0.3, -0.25) is 28.8 Å². The highest BCUT2D eigenvalue weighted by molar-refractivity contribution is 6.01. The maximum atomic E-state index is 17.3. The Morgan fingerprint density at radius 3 is 1.36 bits per heavy atom. The molecule has 0 unspecified atom stereocenters. The van der Waals surface area contributed by atoms with Crippen molar-refractivity contribution in [2.75, 3.05) is 41.4 Å². The predicted molar refractivity (Wildman–Crippen MR) is 361 cm³/mol. The zero-order valence-corrected chi connectivity index (χ0v) is 61.9. The van der Waals surface area contributed by atoms with Gasteiger partial charge >= 0.3 is 30.1 Å². The van der Waals surface area contributed by atoms with E-state index in [9.17, 15) is 48.3 Å². The first-order valence-electron chi connectivity index (χ1n) is 34.8. The Kier molecular flexibility index (Phi) is 27.4. The summed E-state index contributed by atoms with van der Waals surface area (Å²) < 4.78 is 101. The quantitative estimate of drug-likeness (QED) is 0.0609. The molecule has 0 bridgehead atoms. The Hall–Kier alpha value is -6.17. The third-order valence-electron chi connectivity index (χ3n) is 21.1. The van der Waals surface area contributed by atoms with Crippen LogP contribution in [0, 0.1) is 35.5 Å². The SMILES string of the molecule is C=CCO[C@]1(C)C[C@](C)(F)C(=O)[C@@H](C)[C@H]2NC(=O)O[C@]2(C)[C@@H](CC)OC(=O)[C@H](C)C(=O)[C@H](C)[C@H]1O[C@@H]1O[C@H](C)C[C@H](N(C)C)[C@H]1O.C=CCO[C@]1(C)C[C@](C)(F)C(=O)[C@@H](C)[C@H]2NC(=O)O[C@]2(C)[C@@H](CC)OC(=O)[C@H](C)C(=O)[C@H](C)[C@H]1O[C@@H]1O[C@H](C)C[C@H](N(C)C)[C@H]1OC(=O)c1ccccc1. The molecule has 100 heavy (non-hydrogen) atoms. The van der Waals surface area contributed by atoms with Crippen LogP contribution in [0.2, 0.25) is 0 Å². The van der Waals surface area contributed by atoms with Gasteiger partial charge in [-0.15, -0.1) is 13.2 Å². The van der Waals surface area contributed by atoms with Crippen molar-refractivity contribution < 1.29 is 109 Å². The molecule has 6 aliphatic heterocycles. The van der Waals surface area contributed by atoms with E-state index in [0.717, 1.165) is 13.8 Å². The number of benzene rings is 1. The molecule has 1 aromatic rings. The monoisotopic (exact) mass is 1420 g/mol. The fourth-order valence-electron chi connectivity index (χ4n) is 15.7. The number of alkyl carbamates (subject to hydrolysis) is 2. The lowest BCUT2D eigenvalue weighted by atomic mass is 9.72. The number of esters is 3. The van der Waals surface area contributed by atoms with Crippen molar-refractivity contribution in [2.45, 2.75) is 269 Å². The molecule has 1 aromatic carbocycles. The van der Waals surface area contributed by atoms with Crippen LogP contribution in [-0.4, -0.2) is 229 Å². The molecule has 6 heterocycles. The van der Waals surface area contributed by atoms with Crippen LogP contribution in [0.5, 0.6) is 0 Å². The first kappa shape index (κ1) is 82.8. The number of likely N-dealkylation sites (N-methyl/N-ethyl adjacent to an activating group) is 2. The highest BCUT2D eigenvalue weighted by Crippen LogP contribution is 2.46. The number of fused-ring (bicyclic) bond motifs is 2. The molecule has 7 rings (SSSR count). The Labute approximate surface area is 587 Å². The van der Waals surface area contributed by atoms with E-state index in [2.05, 4.69) is 23.8 Å². The second-order valence-electron chi connectivity index (χ2n) is 29.8. The molecule has 26 atom stereocenters. The van der Waals surface area contributed by atoms with Gasteiger partial charge in [0.05, 0.1) is 72.5 Å². The van der Waals surface area contributed by atoms with Crippen molar-refractivity contribution in [2.24, 2.45) is 35.5 Å². The van der Waals surface area contributed by atoms with Gasteiger partial charge in [0.2, 0.25) is 0 Å². The van der Waals surface area contributed by atoms with Crippen LogP contribution >= 0.6 is 0 Å². The maximum absolute atomic E-state index is 17.3. The molecule has 0 radical (unpaired) electrons. The number of ketones is 4. The molecule has 27 heteroatoms. The minimum absolute atomic E-state index is 0.0950. The lowest BCUT2D eigenvalue weighted by Gasteiger charge is -2.48. The van der Waals surface area contributed by atoms with Gasteiger partial charge in [0.25, 0.3) is 0 Å². The normalized spacial score (nSPS) is 41.8. The number of halogens is 2. The van der Waals surface area contributed by atoms with E-state index in [1.54, 1.807) is 44.2 Å². The van der Waals surface area contributed by atoms with Gasteiger partial charge in [-0.05, 0) is 135 Å². The molecule has 25 nitrogen and oxygen atoms in total. The van der Waals surface area contributed by atoms with Gasteiger partial charge in [-0.2, -0.15) is 0 Å². The first-order valence-corrected chi connectivity index (χ1v) is 34.8. The van der Waals surface area contributed by atoms with E-state index < -0.39 is 209 Å². The van der Waals surface area contributed by atoms with Crippen molar-refractivity contribution in [3.8, 4) is 0 Å². The number of carbonyl (C=O) groups excluding carboxylic acids is 9. The number of ether oxygens (including phenoxy) is 11. The highest BCUT2D eigenvalue weighted by Gasteiger charge is 2.63. The van der Waals surface area contributed by atoms with Crippen LogP contribution in [-0.2, 0) is 80.9 Å². The standard InChI is InChI=1S/C40H57FN2O11.C33H53FN2O10/c1-12-19-49-39(8)21-38(7,41)32(45)25(6)31-40(9,54-37(48)42-31)28(13-2)51-34(46)24(5)29(44)23(4)33(39)53-36-30(27(43(10)11)20-22(3)50-36)52-35(47)26-17-15-14-16-18-26;1-12-14-42-32(8)16-31(7,34)26(39)20(6)25-33(9,46-30(41)35-25)22(13-2)44-28(40)19(5)23(37)18(4)27(32)45-29-24(38)21(36(10)11)15-17(3)43-29/h12,14-18,22-25,27-28,30-31,33,36H,1,13,19-21H2,2-11H3,(H,42,48);12,17-22,24-25,27,29,38H,1,13-16H2,2-11H3,(H,35,41)/t22-,23+,24-,25+,27+,28-,30-,31-,33-,36+,38+,39-,40-;17-,18+,19-,20+,21+,22-,24-,25-,27-,29+,31+,32-,33-/m11/s1. The van der Waals surface area contributed by atoms with E-state index in [1.807, 2.05) is 51.8 Å². The number of cyclic esters (lactones) is 2. The van der Waals surface area contributed by atoms with Crippen molar-refractivity contribution >= 4 is 53.2 Å². The average molecular weight is 1420 g/mol. The lowest BCUT2D eigenvalue weighted by Crippen LogP contribution is -2.62. The van der Waals surface area contributed by atoms with Crippen LogP contribution in [0.4, 0.5) is 18.4 Å². The second kappa shape index (κ2) is 33.1. The van der Waals surface area contributed by atoms with Gasteiger partial charge in [0.1, 0.15) is 30.1 Å². The number of amides is 2. The Balaban J connectivity index is 0.000000319. The molecular formula is C73H110F2N4O21. The summed E-state index contributed by atoms with van der Waals surface area (Å²) in [4.78, 5) is 126. The molecule has 2 amide bonds. The third kappa shape index (κ3) is 17.9. The molecule has 3 N–H and O–H groups in total. The van der Waals surface area contributed by atoms with Gasteiger partial charge in [-0.1, -0.05) is 71.9 Å². The van der Waals surface area contributed by atoms with Crippen LogP contribution in [0.1, 0.15) is 160 Å². The molecular weight excluding hydrogens is 1310 g/mol. The Morgan fingerprint density at radius 1 is 0.600 bits per heavy atom. The van der Waals surface area contributed by atoms with Gasteiger partial charge in [0.15, 0.2) is 64.4 Å². The number of hydrogen-bond donors (Lipinski definition) is 3. The minimum atomic E-state index is -2.63. The summed E-state index contributed by atoms with van der Waals surface area (Å²) in [5.74, 6) is -12.6. The van der Waals surface area contributed by atoms with E-state index >= 15 is 8.78 Å². The number of nitrogens with zero attached hydrogens (tertiary/aromatic N) is 2. The van der Waals surface area contributed by atoms with Crippen molar-refractivity contribution in [1.29, 1.82) is 0 Å². The Morgan fingerprint density at radius 2 is 0.980 bits per heavy atom. The van der Waals surface area contributed by atoms with Crippen LogP contribution in [0.15, 0.2) is 55.6 Å². The molecule has 6 aliphatic rings. The summed E-state index contributed by atoms with van der Waals surface area (Å²) in [5.41, 5.74) is -11.5. The number of rotatable bonds is 16. The zero-order chi connectivity index (χ0) is 75.3. The minimum Gasteiger partial charge on any atom is -0.458 e. The lowest BCUT2D eigenvalue weighted by molar-refractivity contribution is -0.297. The number of carbonyl (C=O) groups is 9. The van der Waals surface area contributed by atoms with Crippen molar-refractivity contribution in [3.05, 3.63) is 61.2 Å². The predicted octanol–water partition coefficient (Wildman–Crippen LogP) is 8.12. The molecule has 0 saturated carbocycles. The zero-order valence-electron chi connectivity index (χ0n) is 61.9. The molecule has 0 aromatic heterocycles. The number of Topliss-reactive ketones (excluding diaryl/α,β-unsaturated/α-hetero) is 4. The van der Waals surface area contributed by atoms with Crippen LogP contribution in [0.3, 0.4) is 0 Å². The molecule has 6 saturated heterocycles. The summed E-state index contributed by atoms with van der Waals surface area (Å²) >= 11 is 0. The third-order valence-corrected chi connectivity index (χ3v) is 21.1. The fraction of sp³-hybridized carbons (Fsp3) is 0.740.